The molecule has 0 unspecified atom stereocenters. The molecule has 216 valence electrons. The van der Waals surface area contributed by atoms with Gasteiger partial charge < -0.3 is 25.4 Å². The van der Waals surface area contributed by atoms with Crippen LogP contribution in [-0.2, 0) is 24.0 Å². The molecular formula is C25H37N5O9. The van der Waals surface area contributed by atoms with Crippen LogP contribution in [0.2, 0.25) is 0 Å². The number of benzene rings is 1. The van der Waals surface area contributed by atoms with Gasteiger partial charge in [0.05, 0.1) is 26.2 Å². The summed E-state index contributed by atoms with van der Waals surface area (Å²) < 4.78 is 5.13. The maximum absolute atomic E-state index is 12.8. The molecule has 1 aliphatic heterocycles. The van der Waals surface area contributed by atoms with E-state index in [0.29, 0.717) is 63.8 Å². The number of aliphatic carboxylic acids is 3. The van der Waals surface area contributed by atoms with Crippen LogP contribution in [0.15, 0.2) is 24.3 Å². The van der Waals surface area contributed by atoms with Gasteiger partial charge in [-0.2, -0.15) is 0 Å². The van der Waals surface area contributed by atoms with Crippen molar-refractivity contribution in [3.05, 3.63) is 24.3 Å². The van der Waals surface area contributed by atoms with E-state index in [0.717, 1.165) is 0 Å². The molecule has 0 radical (unpaired) electrons. The largest absolute Gasteiger partial charge is 0.480 e. The highest BCUT2D eigenvalue weighted by atomic mass is 16.5. The Morgan fingerprint density at radius 1 is 0.667 bits per heavy atom. The van der Waals surface area contributed by atoms with Gasteiger partial charge in [0.15, 0.2) is 0 Å². The van der Waals surface area contributed by atoms with Gasteiger partial charge in [0, 0.05) is 64.5 Å². The lowest BCUT2D eigenvalue weighted by Crippen LogP contribution is -2.49. The number of hydrogen-bond donors (Lipinski definition) is 4. The lowest BCUT2D eigenvalue weighted by atomic mass is 10.3. The number of rotatable bonds is 11. The maximum atomic E-state index is 12.8. The predicted molar refractivity (Wildman–Crippen MR) is 140 cm³/mol. The summed E-state index contributed by atoms with van der Waals surface area (Å²) in [7, 11) is 0. The van der Waals surface area contributed by atoms with Gasteiger partial charge in [-0.1, -0.05) is 6.92 Å². The second-order valence-corrected chi connectivity index (χ2v) is 9.19. The number of nitrogens with one attached hydrogen (secondary N) is 1. The normalized spacial score (nSPS) is 16.9. The first-order valence-electron chi connectivity index (χ1n) is 12.7. The minimum Gasteiger partial charge on any atom is -0.480 e. The molecule has 1 aliphatic rings. The molecule has 0 aliphatic carbocycles. The van der Waals surface area contributed by atoms with Crippen molar-refractivity contribution >= 4 is 35.5 Å². The Hall–Kier alpha value is -3.59. The Labute approximate surface area is 226 Å². The first kappa shape index (κ1) is 31.6. The lowest BCUT2D eigenvalue weighted by Gasteiger charge is -2.32. The fourth-order valence-corrected chi connectivity index (χ4v) is 4.00. The molecular weight excluding hydrogens is 514 g/mol. The molecule has 1 heterocycles. The van der Waals surface area contributed by atoms with Crippen molar-refractivity contribution < 1.29 is 44.0 Å². The smallest absolute Gasteiger partial charge is 0.317 e. The van der Waals surface area contributed by atoms with Crippen molar-refractivity contribution in [2.45, 2.75) is 13.3 Å². The Balaban J connectivity index is 2.09. The minimum absolute atomic E-state index is 0.0144. The zero-order chi connectivity index (χ0) is 28.8. The minimum atomic E-state index is -1.02. The van der Waals surface area contributed by atoms with Crippen LogP contribution in [0.1, 0.15) is 13.3 Å². The molecule has 1 saturated heterocycles. The third kappa shape index (κ3) is 13.2. The van der Waals surface area contributed by atoms with Crippen LogP contribution in [0.25, 0.3) is 0 Å². The number of carbonyl (C=O) groups excluding carboxylic acids is 2. The van der Waals surface area contributed by atoms with E-state index in [1.807, 2.05) is 4.90 Å². The number of anilines is 1. The van der Waals surface area contributed by atoms with Gasteiger partial charge in [-0.15, -0.1) is 0 Å². The van der Waals surface area contributed by atoms with E-state index in [-0.39, 0.29) is 44.5 Å². The van der Waals surface area contributed by atoms with Crippen LogP contribution in [0.5, 0.6) is 5.75 Å². The summed E-state index contributed by atoms with van der Waals surface area (Å²) in [5.74, 6) is -3.38. The summed E-state index contributed by atoms with van der Waals surface area (Å²) in [6.45, 7) is 3.46. The van der Waals surface area contributed by atoms with Gasteiger partial charge in [0.25, 0.3) is 0 Å². The zero-order valence-electron chi connectivity index (χ0n) is 22.1. The molecule has 39 heavy (non-hydrogen) atoms. The molecule has 0 aromatic heterocycles. The molecule has 0 saturated carbocycles. The summed E-state index contributed by atoms with van der Waals surface area (Å²) in [5.41, 5.74) is 0.504. The Bertz CT molecular complexity index is 957. The van der Waals surface area contributed by atoms with Crippen molar-refractivity contribution in [1.82, 2.24) is 19.6 Å². The molecule has 0 atom stereocenters. The molecule has 14 nitrogen and oxygen atoms in total. The molecule has 1 aromatic carbocycles. The fraction of sp³-hybridized carbons (Fsp3) is 0.560. The van der Waals surface area contributed by atoms with E-state index in [4.69, 9.17) is 4.74 Å². The highest BCUT2D eigenvalue weighted by Gasteiger charge is 2.21. The first-order valence-corrected chi connectivity index (χ1v) is 12.7. The molecule has 1 aromatic rings. The molecule has 4 N–H and O–H groups in total. The SMILES string of the molecule is CCC(=O)Oc1ccc(NC(=O)CN2CCN(CC(=O)O)CCN(CC(=O)O)CCN(CC(=O)O)CC2)cc1. The van der Waals surface area contributed by atoms with Crippen LogP contribution >= 0.6 is 0 Å². The second kappa shape index (κ2) is 16.4. The number of esters is 1. The third-order valence-electron chi connectivity index (χ3n) is 6.03. The number of carboxylic acid groups (broad SMARTS) is 3. The van der Waals surface area contributed by atoms with Crippen molar-refractivity contribution in [2.75, 3.05) is 83.9 Å². The van der Waals surface area contributed by atoms with Crippen LogP contribution in [-0.4, -0.2) is 143 Å². The molecule has 0 spiro atoms. The van der Waals surface area contributed by atoms with E-state index in [1.54, 1.807) is 45.9 Å². The third-order valence-corrected chi connectivity index (χ3v) is 6.03. The van der Waals surface area contributed by atoms with Crippen LogP contribution in [0.3, 0.4) is 0 Å². The molecule has 0 bridgehead atoms. The summed E-state index contributed by atoms with van der Waals surface area (Å²) in [5, 5.41) is 30.7. The van der Waals surface area contributed by atoms with Gasteiger partial charge in [-0.25, -0.2) is 0 Å². The van der Waals surface area contributed by atoms with E-state index < -0.39 is 17.9 Å². The topological polar surface area (TPSA) is 180 Å². The monoisotopic (exact) mass is 551 g/mol. The summed E-state index contributed by atoms with van der Waals surface area (Å²) in [6, 6.07) is 6.36. The second-order valence-electron chi connectivity index (χ2n) is 9.19. The van der Waals surface area contributed by atoms with Gasteiger partial charge >= 0.3 is 23.9 Å². The van der Waals surface area contributed by atoms with Crippen LogP contribution < -0.4 is 10.1 Å². The number of ether oxygens (including phenoxy) is 1. The predicted octanol–water partition coefficient (Wildman–Crippen LogP) is -0.584. The average molecular weight is 552 g/mol. The van der Waals surface area contributed by atoms with Gasteiger partial charge in [0.2, 0.25) is 5.91 Å². The molecule has 14 heteroatoms. The first-order chi connectivity index (χ1) is 18.5. The van der Waals surface area contributed by atoms with Crippen molar-refractivity contribution in [1.29, 1.82) is 0 Å². The van der Waals surface area contributed by atoms with Gasteiger partial charge in [-0.3, -0.25) is 43.6 Å². The molecule has 1 amide bonds. The van der Waals surface area contributed by atoms with Crippen molar-refractivity contribution in [2.24, 2.45) is 0 Å². The summed E-state index contributed by atoms with van der Waals surface area (Å²) in [6.07, 6.45) is 0.239. The lowest BCUT2D eigenvalue weighted by molar-refractivity contribution is -0.140. The van der Waals surface area contributed by atoms with Crippen molar-refractivity contribution in [3.8, 4) is 5.75 Å². The summed E-state index contributed by atoms with van der Waals surface area (Å²) >= 11 is 0. The highest BCUT2D eigenvalue weighted by molar-refractivity contribution is 5.92. The van der Waals surface area contributed by atoms with E-state index >= 15 is 0 Å². The number of nitrogens with zero attached hydrogens (tertiary/aromatic N) is 4. The van der Waals surface area contributed by atoms with Crippen molar-refractivity contribution in [3.63, 3.8) is 0 Å². The summed E-state index contributed by atoms with van der Waals surface area (Å²) in [4.78, 5) is 65.2. The van der Waals surface area contributed by atoms with E-state index in [9.17, 15) is 39.3 Å². The quantitative estimate of drug-likeness (QED) is 0.203. The zero-order valence-corrected chi connectivity index (χ0v) is 22.1. The van der Waals surface area contributed by atoms with E-state index in [1.165, 1.54) is 0 Å². The Morgan fingerprint density at radius 3 is 1.36 bits per heavy atom. The van der Waals surface area contributed by atoms with Gasteiger partial charge in [-0.05, 0) is 24.3 Å². The highest BCUT2D eigenvalue weighted by Crippen LogP contribution is 2.16. The maximum Gasteiger partial charge on any atom is 0.317 e. The number of amides is 1. The fourth-order valence-electron chi connectivity index (χ4n) is 4.00. The van der Waals surface area contributed by atoms with Crippen LogP contribution in [0, 0.1) is 0 Å². The standard InChI is InChI=1S/C25H37N5O9/c1-2-25(38)39-20-5-3-19(4-6-20)26-21(31)15-27-7-9-28(16-22(32)33)11-13-30(18-24(36)37)14-12-29(10-8-27)17-23(34)35/h3-6H,2,7-18H2,1H3,(H,26,31)(H,32,33)(H,34,35)(H,36,37). The Kier molecular flexibility index (Phi) is 13.3. The molecule has 1 fully saturated rings. The average Bonchev–Trinajstić information content (AvgIpc) is 2.85. The number of hydrogen-bond acceptors (Lipinski definition) is 10. The number of carbonyl (C=O) groups is 5. The Morgan fingerprint density at radius 2 is 1.03 bits per heavy atom. The van der Waals surface area contributed by atoms with Gasteiger partial charge in [0.1, 0.15) is 5.75 Å². The van der Waals surface area contributed by atoms with E-state index in [2.05, 4.69) is 5.32 Å². The number of carboxylic acids is 3. The molecule has 2 rings (SSSR count). The van der Waals surface area contributed by atoms with Crippen LogP contribution in [0.4, 0.5) is 5.69 Å².